The number of fused-ring (bicyclic) bond motifs is 4. The SMILES string of the molecule is c1ccc(-c2ccc(-n3c4ccccc4c4ccc(N(c5ccccc5-c5ccccc5)c5cc6ccccc6cc5-c5ccccc5)cc43)cc2)cc1. The molecule has 0 unspecified atom stereocenters. The van der Waals surface area contributed by atoms with E-state index in [1.807, 2.05) is 0 Å². The fourth-order valence-corrected chi connectivity index (χ4v) is 8.01. The maximum Gasteiger partial charge on any atom is 0.0561 e. The number of aromatic nitrogens is 1. The lowest BCUT2D eigenvalue weighted by atomic mass is 9.96. The number of para-hydroxylation sites is 2. The zero-order valence-corrected chi connectivity index (χ0v) is 29.7. The van der Waals surface area contributed by atoms with Crippen molar-refractivity contribution in [2.45, 2.75) is 0 Å². The van der Waals surface area contributed by atoms with Crippen LogP contribution in [0.4, 0.5) is 17.1 Å². The van der Waals surface area contributed by atoms with Crippen molar-refractivity contribution < 1.29 is 0 Å². The second-order valence-electron chi connectivity index (χ2n) is 13.8. The number of hydrogen-bond donors (Lipinski definition) is 0. The molecule has 2 heteroatoms. The van der Waals surface area contributed by atoms with Crippen molar-refractivity contribution >= 4 is 49.6 Å². The quantitative estimate of drug-likeness (QED) is 0.162. The Morgan fingerprint density at radius 3 is 1.57 bits per heavy atom. The topological polar surface area (TPSA) is 8.17 Å². The largest absolute Gasteiger partial charge is 0.309 e. The third-order valence-electron chi connectivity index (χ3n) is 10.6. The van der Waals surface area contributed by atoms with E-state index in [1.165, 1.54) is 60.4 Å². The fourth-order valence-electron chi connectivity index (χ4n) is 8.01. The monoisotopic (exact) mass is 688 g/mol. The summed E-state index contributed by atoms with van der Waals surface area (Å²) in [7, 11) is 0. The molecule has 10 aromatic rings. The summed E-state index contributed by atoms with van der Waals surface area (Å²) in [4.78, 5) is 2.47. The molecule has 0 N–H and O–H groups in total. The predicted octanol–water partition coefficient (Wildman–Crippen LogP) is 14.4. The van der Waals surface area contributed by atoms with Gasteiger partial charge in [-0.25, -0.2) is 0 Å². The van der Waals surface area contributed by atoms with Crippen LogP contribution in [0.25, 0.3) is 71.6 Å². The Labute approximate surface area is 315 Å². The summed E-state index contributed by atoms with van der Waals surface area (Å²) >= 11 is 0. The average molecular weight is 689 g/mol. The van der Waals surface area contributed by atoms with E-state index in [1.54, 1.807) is 0 Å². The minimum absolute atomic E-state index is 1.09. The molecule has 54 heavy (non-hydrogen) atoms. The minimum Gasteiger partial charge on any atom is -0.309 e. The van der Waals surface area contributed by atoms with Gasteiger partial charge in [0.15, 0.2) is 0 Å². The van der Waals surface area contributed by atoms with E-state index in [4.69, 9.17) is 0 Å². The van der Waals surface area contributed by atoms with E-state index >= 15 is 0 Å². The molecule has 0 saturated heterocycles. The van der Waals surface area contributed by atoms with Crippen LogP contribution in [0.15, 0.2) is 218 Å². The number of hydrogen-bond acceptors (Lipinski definition) is 1. The van der Waals surface area contributed by atoms with Crippen LogP contribution >= 0.6 is 0 Å². The Hall–Kier alpha value is -7.16. The van der Waals surface area contributed by atoms with Crippen LogP contribution in [0.1, 0.15) is 0 Å². The van der Waals surface area contributed by atoms with E-state index in [0.29, 0.717) is 0 Å². The standard InChI is InChI=1S/C52H36N2/c1-4-16-37(17-5-1)38-28-30-43(31-29-38)53-50-27-15-13-25-46(50)47-33-32-44(36-52(47)53)54(49-26-14-12-24-45(49)39-18-6-2-7-19-39)51-35-42-23-11-10-22-41(42)34-48(51)40-20-8-3-9-21-40/h1-36H. The first-order valence-corrected chi connectivity index (χ1v) is 18.5. The summed E-state index contributed by atoms with van der Waals surface area (Å²) in [6.07, 6.45) is 0. The molecule has 0 aliphatic rings. The predicted molar refractivity (Wildman–Crippen MR) is 229 cm³/mol. The molecule has 0 aliphatic carbocycles. The first-order valence-electron chi connectivity index (χ1n) is 18.5. The van der Waals surface area contributed by atoms with E-state index in [-0.39, 0.29) is 0 Å². The van der Waals surface area contributed by atoms with Crippen molar-refractivity contribution in [3.8, 4) is 39.1 Å². The molecule has 0 atom stereocenters. The van der Waals surface area contributed by atoms with Crippen molar-refractivity contribution in [2.24, 2.45) is 0 Å². The maximum absolute atomic E-state index is 2.47. The Bertz CT molecular complexity index is 2910. The van der Waals surface area contributed by atoms with Crippen molar-refractivity contribution in [1.82, 2.24) is 4.57 Å². The van der Waals surface area contributed by atoms with E-state index in [0.717, 1.165) is 28.3 Å². The Morgan fingerprint density at radius 2 is 0.852 bits per heavy atom. The van der Waals surface area contributed by atoms with Gasteiger partial charge >= 0.3 is 0 Å². The van der Waals surface area contributed by atoms with Gasteiger partial charge in [-0.1, -0.05) is 170 Å². The van der Waals surface area contributed by atoms with Crippen LogP contribution in [-0.2, 0) is 0 Å². The lowest BCUT2D eigenvalue weighted by molar-refractivity contribution is 1.18. The van der Waals surface area contributed by atoms with Crippen LogP contribution < -0.4 is 4.90 Å². The van der Waals surface area contributed by atoms with Gasteiger partial charge in [-0.15, -0.1) is 0 Å². The van der Waals surface area contributed by atoms with Crippen LogP contribution in [0, 0.1) is 0 Å². The molecule has 0 saturated carbocycles. The van der Waals surface area contributed by atoms with Crippen molar-refractivity contribution in [2.75, 3.05) is 4.90 Å². The lowest BCUT2D eigenvalue weighted by Gasteiger charge is -2.30. The van der Waals surface area contributed by atoms with Gasteiger partial charge < -0.3 is 9.47 Å². The molecule has 0 spiro atoms. The highest BCUT2D eigenvalue weighted by Gasteiger charge is 2.23. The number of anilines is 3. The van der Waals surface area contributed by atoms with Gasteiger partial charge in [0.25, 0.3) is 0 Å². The smallest absolute Gasteiger partial charge is 0.0561 e. The molecule has 0 amide bonds. The molecule has 254 valence electrons. The molecule has 9 aromatic carbocycles. The molecule has 0 bridgehead atoms. The number of benzene rings is 9. The van der Waals surface area contributed by atoms with Crippen LogP contribution in [0.3, 0.4) is 0 Å². The van der Waals surface area contributed by atoms with Crippen LogP contribution in [0.2, 0.25) is 0 Å². The van der Waals surface area contributed by atoms with Gasteiger partial charge in [0.2, 0.25) is 0 Å². The highest BCUT2D eigenvalue weighted by atomic mass is 15.1. The third-order valence-corrected chi connectivity index (χ3v) is 10.6. The third kappa shape index (κ3) is 5.53. The van der Waals surface area contributed by atoms with Gasteiger partial charge in [-0.05, 0) is 81.6 Å². The number of rotatable bonds is 7. The Balaban J connectivity index is 1.25. The zero-order chi connectivity index (χ0) is 35.8. The van der Waals surface area contributed by atoms with E-state index in [2.05, 4.69) is 228 Å². The van der Waals surface area contributed by atoms with Gasteiger partial charge in [-0.2, -0.15) is 0 Å². The lowest BCUT2D eigenvalue weighted by Crippen LogP contribution is -2.13. The van der Waals surface area contributed by atoms with Crippen molar-refractivity contribution in [3.63, 3.8) is 0 Å². The second-order valence-corrected chi connectivity index (χ2v) is 13.8. The second kappa shape index (κ2) is 13.4. The van der Waals surface area contributed by atoms with E-state index in [9.17, 15) is 0 Å². The molecule has 1 heterocycles. The first kappa shape index (κ1) is 31.6. The average Bonchev–Trinajstić information content (AvgIpc) is 3.58. The zero-order valence-electron chi connectivity index (χ0n) is 29.7. The van der Waals surface area contributed by atoms with E-state index < -0.39 is 0 Å². The minimum atomic E-state index is 1.09. The van der Waals surface area contributed by atoms with Gasteiger partial charge in [-0.3, -0.25) is 0 Å². The summed E-state index contributed by atoms with van der Waals surface area (Å²) in [6, 6.07) is 79.0. The van der Waals surface area contributed by atoms with Gasteiger partial charge in [0.1, 0.15) is 0 Å². The molecule has 0 fully saturated rings. The molecule has 1 aromatic heterocycles. The molecule has 0 aliphatic heterocycles. The van der Waals surface area contributed by atoms with Crippen LogP contribution in [0.5, 0.6) is 0 Å². The van der Waals surface area contributed by atoms with Crippen molar-refractivity contribution in [3.05, 3.63) is 218 Å². The summed E-state index contributed by atoms with van der Waals surface area (Å²) in [5.74, 6) is 0. The van der Waals surface area contributed by atoms with Gasteiger partial charge in [0, 0.05) is 33.3 Å². The molecule has 0 radical (unpaired) electrons. The van der Waals surface area contributed by atoms with Gasteiger partial charge in [0.05, 0.1) is 22.4 Å². The molecule has 10 rings (SSSR count). The summed E-state index contributed by atoms with van der Waals surface area (Å²) in [5, 5.41) is 4.87. The maximum atomic E-state index is 2.47. The fraction of sp³-hybridized carbons (Fsp3) is 0. The first-order chi connectivity index (χ1) is 26.8. The normalized spacial score (nSPS) is 11.3. The summed E-state index contributed by atoms with van der Waals surface area (Å²) in [5.41, 5.74) is 13.9. The molecular weight excluding hydrogens is 653 g/mol. The van der Waals surface area contributed by atoms with Crippen LogP contribution in [-0.4, -0.2) is 4.57 Å². The molecular formula is C52H36N2. The van der Waals surface area contributed by atoms with Crippen molar-refractivity contribution in [1.29, 1.82) is 0 Å². The highest BCUT2D eigenvalue weighted by molar-refractivity contribution is 6.11. The summed E-state index contributed by atoms with van der Waals surface area (Å²) < 4.78 is 2.42. The Kier molecular flexibility index (Phi) is 7.85. The summed E-state index contributed by atoms with van der Waals surface area (Å²) in [6.45, 7) is 0. The molecule has 2 nitrogen and oxygen atoms in total. The highest BCUT2D eigenvalue weighted by Crippen LogP contribution is 2.47. The Morgan fingerprint density at radius 1 is 0.315 bits per heavy atom. The number of nitrogens with zero attached hydrogens (tertiary/aromatic N) is 2.